The fourth-order valence-electron chi connectivity index (χ4n) is 4.37. The SMILES string of the molecule is O=C(c1cccnc1)N1CCCC2(CCN(Cc3ccccn3)CC2)C1. The molecule has 0 aliphatic carbocycles. The van der Waals surface area contributed by atoms with Gasteiger partial charge in [-0.3, -0.25) is 19.7 Å². The molecule has 0 bridgehead atoms. The molecule has 0 unspecified atom stereocenters. The number of piperidine rings is 2. The molecule has 1 spiro atoms. The number of amides is 1. The molecular weight excluding hydrogens is 324 g/mol. The predicted octanol–water partition coefficient (Wildman–Crippen LogP) is 3.00. The zero-order valence-electron chi connectivity index (χ0n) is 15.2. The Morgan fingerprint density at radius 3 is 2.65 bits per heavy atom. The Hall–Kier alpha value is -2.27. The Balaban J connectivity index is 1.37. The van der Waals surface area contributed by atoms with Gasteiger partial charge in [-0.2, -0.15) is 0 Å². The van der Waals surface area contributed by atoms with Gasteiger partial charge in [-0.05, 0) is 68.5 Å². The topological polar surface area (TPSA) is 49.3 Å². The van der Waals surface area contributed by atoms with E-state index in [1.807, 2.05) is 24.4 Å². The van der Waals surface area contributed by atoms with Gasteiger partial charge in [0.25, 0.3) is 5.91 Å². The van der Waals surface area contributed by atoms with E-state index in [4.69, 9.17) is 0 Å². The molecular formula is C21H26N4O. The average Bonchev–Trinajstić information content (AvgIpc) is 2.71. The van der Waals surface area contributed by atoms with Crippen molar-refractivity contribution in [2.45, 2.75) is 32.2 Å². The first-order valence-corrected chi connectivity index (χ1v) is 9.56. The van der Waals surface area contributed by atoms with Crippen LogP contribution in [-0.2, 0) is 6.54 Å². The van der Waals surface area contributed by atoms with Crippen LogP contribution < -0.4 is 0 Å². The van der Waals surface area contributed by atoms with Gasteiger partial charge in [0.2, 0.25) is 0 Å². The Bertz CT molecular complexity index is 726. The second kappa shape index (κ2) is 7.54. The van der Waals surface area contributed by atoms with E-state index in [1.165, 1.54) is 6.42 Å². The largest absolute Gasteiger partial charge is 0.338 e. The Morgan fingerprint density at radius 2 is 1.92 bits per heavy atom. The van der Waals surface area contributed by atoms with Crippen molar-refractivity contribution in [3.63, 3.8) is 0 Å². The summed E-state index contributed by atoms with van der Waals surface area (Å²) in [4.78, 5) is 25.9. The Morgan fingerprint density at radius 1 is 1.04 bits per heavy atom. The maximum atomic E-state index is 12.8. The number of likely N-dealkylation sites (tertiary alicyclic amines) is 2. The van der Waals surface area contributed by atoms with Crippen molar-refractivity contribution < 1.29 is 4.79 Å². The zero-order valence-corrected chi connectivity index (χ0v) is 15.2. The Labute approximate surface area is 155 Å². The first kappa shape index (κ1) is 17.2. The molecule has 2 aromatic rings. The molecule has 2 saturated heterocycles. The Kier molecular flexibility index (Phi) is 4.98. The normalized spacial score (nSPS) is 20.2. The summed E-state index contributed by atoms with van der Waals surface area (Å²) in [5.41, 5.74) is 2.13. The van der Waals surface area contributed by atoms with Crippen LogP contribution in [0.15, 0.2) is 48.9 Å². The van der Waals surface area contributed by atoms with Gasteiger partial charge in [0, 0.05) is 38.2 Å². The molecule has 0 saturated carbocycles. The molecule has 136 valence electrons. The third-order valence-corrected chi connectivity index (χ3v) is 5.89. The summed E-state index contributed by atoms with van der Waals surface area (Å²) < 4.78 is 0. The van der Waals surface area contributed by atoms with Crippen LogP contribution in [0.3, 0.4) is 0 Å². The summed E-state index contributed by atoms with van der Waals surface area (Å²) in [6.07, 6.45) is 9.93. The highest BCUT2D eigenvalue weighted by Gasteiger charge is 2.39. The van der Waals surface area contributed by atoms with Gasteiger partial charge in [0.1, 0.15) is 0 Å². The van der Waals surface area contributed by atoms with Crippen molar-refractivity contribution in [1.82, 2.24) is 19.8 Å². The van der Waals surface area contributed by atoms with Crippen molar-refractivity contribution >= 4 is 5.91 Å². The summed E-state index contributed by atoms with van der Waals surface area (Å²) in [6, 6.07) is 9.82. The first-order chi connectivity index (χ1) is 12.7. The lowest BCUT2D eigenvalue weighted by Gasteiger charge is -2.47. The molecule has 4 heterocycles. The number of pyridine rings is 2. The van der Waals surface area contributed by atoms with E-state index in [1.54, 1.807) is 12.4 Å². The van der Waals surface area contributed by atoms with E-state index < -0.39 is 0 Å². The minimum Gasteiger partial charge on any atom is -0.338 e. The van der Waals surface area contributed by atoms with E-state index in [0.717, 1.165) is 57.7 Å². The molecule has 0 atom stereocenters. The smallest absolute Gasteiger partial charge is 0.255 e. The molecule has 2 fully saturated rings. The van der Waals surface area contributed by atoms with Crippen LogP contribution in [0.2, 0.25) is 0 Å². The summed E-state index contributed by atoms with van der Waals surface area (Å²) in [5, 5.41) is 0. The summed E-state index contributed by atoms with van der Waals surface area (Å²) in [5.74, 6) is 0.132. The lowest BCUT2D eigenvalue weighted by atomic mass is 9.72. The minimum atomic E-state index is 0.132. The van der Waals surface area contributed by atoms with E-state index in [9.17, 15) is 4.79 Å². The number of aromatic nitrogens is 2. The molecule has 2 aromatic heterocycles. The minimum absolute atomic E-state index is 0.132. The highest BCUT2D eigenvalue weighted by atomic mass is 16.2. The van der Waals surface area contributed by atoms with Gasteiger partial charge in [-0.1, -0.05) is 6.07 Å². The van der Waals surface area contributed by atoms with Crippen molar-refractivity contribution in [1.29, 1.82) is 0 Å². The monoisotopic (exact) mass is 350 g/mol. The van der Waals surface area contributed by atoms with Crippen molar-refractivity contribution in [2.24, 2.45) is 5.41 Å². The number of rotatable bonds is 3. The van der Waals surface area contributed by atoms with E-state index >= 15 is 0 Å². The maximum absolute atomic E-state index is 12.8. The number of carbonyl (C=O) groups is 1. The summed E-state index contributed by atoms with van der Waals surface area (Å²) in [7, 11) is 0. The van der Waals surface area contributed by atoms with Gasteiger partial charge >= 0.3 is 0 Å². The number of nitrogens with zero attached hydrogens (tertiary/aromatic N) is 4. The molecule has 5 heteroatoms. The van der Waals surface area contributed by atoms with Crippen LogP contribution in [0.4, 0.5) is 0 Å². The van der Waals surface area contributed by atoms with Crippen LogP contribution in [0, 0.1) is 5.41 Å². The maximum Gasteiger partial charge on any atom is 0.255 e. The predicted molar refractivity (Wildman–Crippen MR) is 101 cm³/mol. The van der Waals surface area contributed by atoms with Crippen LogP contribution in [0.25, 0.3) is 0 Å². The van der Waals surface area contributed by atoms with Gasteiger partial charge in [0.15, 0.2) is 0 Å². The third kappa shape index (κ3) is 3.78. The lowest BCUT2D eigenvalue weighted by molar-refractivity contribution is 0.0195. The quantitative estimate of drug-likeness (QED) is 0.854. The number of hydrogen-bond acceptors (Lipinski definition) is 4. The molecule has 1 amide bonds. The van der Waals surface area contributed by atoms with Gasteiger partial charge in [-0.15, -0.1) is 0 Å². The van der Waals surface area contributed by atoms with Gasteiger partial charge < -0.3 is 4.90 Å². The molecule has 0 radical (unpaired) electrons. The van der Waals surface area contributed by atoms with E-state index in [-0.39, 0.29) is 11.3 Å². The van der Waals surface area contributed by atoms with Gasteiger partial charge in [-0.25, -0.2) is 0 Å². The molecule has 5 nitrogen and oxygen atoms in total. The molecule has 0 aromatic carbocycles. The molecule has 0 N–H and O–H groups in total. The van der Waals surface area contributed by atoms with Gasteiger partial charge in [0.05, 0.1) is 11.3 Å². The second-order valence-corrected chi connectivity index (χ2v) is 7.67. The highest BCUT2D eigenvalue weighted by Crippen LogP contribution is 2.40. The molecule has 2 aliphatic heterocycles. The van der Waals surface area contributed by atoms with Crippen LogP contribution in [0.5, 0.6) is 0 Å². The number of carbonyl (C=O) groups excluding carboxylic acids is 1. The second-order valence-electron chi connectivity index (χ2n) is 7.67. The van der Waals surface area contributed by atoms with Crippen LogP contribution >= 0.6 is 0 Å². The van der Waals surface area contributed by atoms with Crippen LogP contribution in [0.1, 0.15) is 41.7 Å². The molecule has 4 rings (SSSR count). The molecule has 2 aliphatic rings. The lowest BCUT2D eigenvalue weighted by Crippen LogP contribution is -2.51. The standard InChI is InChI=1S/C21H26N4O/c26-20(18-5-3-10-22-15-18)25-12-4-7-21(17-25)8-13-24(14-9-21)16-19-6-1-2-11-23-19/h1-3,5-6,10-11,15H,4,7-9,12-14,16-17H2. The third-order valence-electron chi connectivity index (χ3n) is 5.89. The number of hydrogen-bond donors (Lipinski definition) is 0. The highest BCUT2D eigenvalue weighted by molar-refractivity contribution is 5.93. The zero-order chi connectivity index (χ0) is 17.8. The van der Waals surface area contributed by atoms with E-state index in [0.29, 0.717) is 5.56 Å². The summed E-state index contributed by atoms with van der Waals surface area (Å²) in [6.45, 7) is 4.86. The van der Waals surface area contributed by atoms with Crippen molar-refractivity contribution in [2.75, 3.05) is 26.2 Å². The first-order valence-electron chi connectivity index (χ1n) is 9.56. The van der Waals surface area contributed by atoms with E-state index in [2.05, 4.69) is 31.9 Å². The summed E-state index contributed by atoms with van der Waals surface area (Å²) >= 11 is 0. The fraction of sp³-hybridized carbons (Fsp3) is 0.476. The van der Waals surface area contributed by atoms with Crippen molar-refractivity contribution in [3.8, 4) is 0 Å². The fourth-order valence-corrected chi connectivity index (χ4v) is 4.37. The van der Waals surface area contributed by atoms with Crippen LogP contribution in [-0.4, -0.2) is 51.9 Å². The average molecular weight is 350 g/mol. The van der Waals surface area contributed by atoms with Crippen molar-refractivity contribution in [3.05, 3.63) is 60.2 Å². The molecule has 26 heavy (non-hydrogen) atoms.